The minimum Gasteiger partial charge on any atom is -0.462 e. The van der Waals surface area contributed by atoms with E-state index < -0.39 is 120 Å². The molecule has 0 amide bonds. The number of esters is 2. The number of ether oxygens (including phenoxy) is 3. The van der Waals surface area contributed by atoms with Crippen molar-refractivity contribution in [3.63, 3.8) is 0 Å². The smallest absolute Gasteiger partial charge is 0.462 e. The van der Waals surface area contributed by atoms with Crippen LogP contribution >= 0.6 is 15.6 Å². The minimum atomic E-state index is -5.72. The monoisotopic (exact) mass is 1060 g/mol. The lowest BCUT2D eigenvalue weighted by Crippen LogP contribution is -2.51. The van der Waals surface area contributed by atoms with Crippen molar-refractivity contribution in [2.45, 2.75) is 205 Å². The number of Topliss-reactive ketones (excluding diaryl/α,β-unsaturated/α-hetero) is 1. The van der Waals surface area contributed by atoms with Gasteiger partial charge in [0.25, 0.3) is 0 Å². The molecule has 412 valence electrons. The van der Waals surface area contributed by atoms with Crippen LogP contribution in [0.3, 0.4) is 0 Å². The van der Waals surface area contributed by atoms with Gasteiger partial charge < -0.3 is 50.2 Å². The third-order valence-corrected chi connectivity index (χ3v) is 15.2. The van der Waals surface area contributed by atoms with Crippen LogP contribution in [-0.4, -0.2) is 114 Å². The Morgan fingerprint density at radius 2 is 1.51 bits per heavy atom. The van der Waals surface area contributed by atoms with Crippen LogP contribution in [0.1, 0.15) is 168 Å². The highest BCUT2D eigenvalue weighted by atomic mass is 31.3. The van der Waals surface area contributed by atoms with Crippen LogP contribution in [0.5, 0.6) is 0 Å². The average Bonchev–Trinajstić information content (AvgIpc) is 3.30. The highest BCUT2D eigenvalue weighted by Crippen LogP contribution is 2.60. The van der Waals surface area contributed by atoms with Gasteiger partial charge in [-0.15, -0.1) is 0 Å². The Hall–Kier alpha value is -3.17. The number of unbranched alkanes of at least 4 members (excludes halogenated alkanes) is 12. The predicted octanol–water partition coefficient (Wildman–Crippen LogP) is 7.06. The standard InChI is InChI=1S/C49H83N3O18P2/c1-4-5-17-23-36(53)27-28-38-40(54)31-41(55)39-24-19-15-16-21-26-45(57)68-37(32-65-44(56)25-20-14-12-10-8-6-7-9-11-13-18-22-35(2)3)33-66-71(61,62)70-72(63,64)67-34-42(47(59)46(38)58)69-48(39)52-30-29-43(50)51-49(52)60/h15,19,27-30,35-40,42,46-48,53-54,58-59H,4-14,16-18,20-26,31-34H2,1-3H3,(H,61,62)(H,63,64)(H2,50,51,60)/t36-,37+,38-,39-,40+,42+,46-,47+,48+/m0/s1. The number of nitrogens with zero attached hydrogens (tertiary/aromatic N) is 2. The number of aliphatic hydroxyl groups excluding tert-OH is 4. The summed E-state index contributed by atoms with van der Waals surface area (Å²) in [6.07, 6.45) is 10.4. The van der Waals surface area contributed by atoms with Gasteiger partial charge in [0.1, 0.15) is 36.6 Å². The molecule has 0 aromatic carbocycles. The zero-order chi connectivity index (χ0) is 53.1. The van der Waals surface area contributed by atoms with E-state index in [0.29, 0.717) is 19.3 Å². The Morgan fingerprint density at radius 3 is 2.15 bits per heavy atom. The molecular weight excluding hydrogens is 980 g/mol. The Morgan fingerprint density at radius 1 is 0.889 bits per heavy atom. The average molecular weight is 1060 g/mol. The third-order valence-electron chi connectivity index (χ3n) is 12.6. The molecule has 72 heavy (non-hydrogen) atoms. The number of nitrogen functional groups attached to an aromatic ring is 1. The van der Waals surface area contributed by atoms with Gasteiger partial charge in [-0.2, -0.15) is 9.29 Å². The number of rotatable bonds is 23. The second-order valence-corrected chi connectivity index (χ2v) is 22.3. The van der Waals surface area contributed by atoms with Gasteiger partial charge in [-0.1, -0.05) is 135 Å². The van der Waals surface area contributed by atoms with Crippen molar-refractivity contribution in [1.82, 2.24) is 9.55 Å². The first-order valence-corrected chi connectivity index (χ1v) is 28.8. The summed E-state index contributed by atoms with van der Waals surface area (Å²) >= 11 is 0. The SMILES string of the molecule is CCCCC[C@H](O)C=C[C@@H]1[C@H](O)[C@H](O)[C@H]2COP(=O)(O)OP(=O)(O)OC[C@@H](COC(=O)CCCCCCCCCCCCCC(C)C)OC(=O)CCCC=CC[C@@H](C(=O)C[C@H]1O)[C@H](n1ccc(N)nc1=O)O2. The number of cyclic esters (lactones) is 1. The van der Waals surface area contributed by atoms with Crippen LogP contribution in [0.4, 0.5) is 5.82 Å². The Bertz CT molecular complexity index is 1990. The van der Waals surface area contributed by atoms with Gasteiger partial charge in [-0.3, -0.25) is 28.0 Å². The van der Waals surface area contributed by atoms with E-state index in [0.717, 1.165) is 55.2 Å². The predicted molar refractivity (Wildman–Crippen MR) is 267 cm³/mol. The van der Waals surface area contributed by atoms with Gasteiger partial charge in [-0.05, 0) is 44.1 Å². The lowest BCUT2D eigenvalue weighted by atomic mass is 9.83. The molecule has 8 N–H and O–H groups in total. The maximum absolute atomic E-state index is 14.3. The summed E-state index contributed by atoms with van der Waals surface area (Å²) in [5.74, 6) is -4.37. The number of fused-ring (bicyclic) bond motifs is 3. The number of carbonyl (C=O) groups is 3. The van der Waals surface area contributed by atoms with Crippen LogP contribution in [-0.2, 0) is 51.1 Å². The summed E-state index contributed by atoms with van der Waals surface area (Å²) in [6, 6.07) is 1.21. The van der Waals surface area contributed by atoms with E-state index in [1.54, 1.807) is 12.2 Å². The molecule has 21 nitrogen and oxygen atoms in total. The molecule has 0 spiro atoms. The molecular formula is C49H83N3O18P2. The molecule has 1 aromatic heterocycles. The summed E-state index contributed by atoms with van der Waals surface area (Å²) in [5.41, 5.74) is 4.72. The molecule has 3 rings (SSSR count). The molecule has 11 atom stereocenters. The van der Waals surface area contributed by atoms with E-state index in [2.05, 4.69) is 23.1 Å². The van der Waals surface area contributed by atoms with Gasteiger partial charge in [0, 0.05) is 31.4 Å². The zero-order valence-electron chi connectivity index (χ0n) is 42.4. The van der Waals surface area contributed by atoms with Gasteiger partial charge in [0.2, 0.25) is 0 Å². The number of phosphoric acid groups is 2. The summed E-state index contributed by atoms with van der Waals surface area (Å²) in [4.78, 5) is 78.2. The van der Waals surface area contributed by atoms with Gasteiger partial charge in [0.15, 0.2) is 6.10 Å². The van der Waals surface area contributed by atoms with E-state index in [1.807, 2.05) is 6.92 Å². The number of allylic oxidation sites excluding steroid dienone is 2. The van der Waals surface area contributed by atoms with Crippen LogP contribution in [0.25, 0.3) is 0 Å². The topological polar surface area (TPSA) is 323 Å². The summed E-state index contributed by atoms with van der Waals surface area (Å²) < 4.78 is 58.8. The fraction of sp³-hybridized carbons (Fsp3) is 0.776. The molecule has 0 saturated carbocycles. The summed E-state index contributed by atoms with van der Waals surface area (Å²) in [5, 5.41) is 45.4. The first kappa shape index (κ1) is 63.1. The van der Waals surface area contributed by atoms with E-state index in [-0.39, 0.29) is 37.9 Å². The van der Waals surface area contributed by atoms with E-state index in [9.17, 15) is 58.5 Å². The fourth-order valence-electron chi connectivity index (χ4n) is 8.42. The number of hydrogen-bond donors (Lipinski definition) is 7. The van der Waals surface area contributed by atoms with Crippen molar-refractivity contribution in [2.24, 2.45) is 17.8 Å². The second kappa shape index (κ2) is 33.7. The minimum absolute atomic E-state index is 0.0777. The zero-order valence-corrected chi connectivity index (χ0v) is 44.2. The van der Waals surface area contributed by atoms with Gasteiger partial charge in [0.05, 0.1) is 37.4 Å². The Labute approximate surface area is 424 Å². The van der Waals surface area contributed by atoms with Crippen LogP contribution in [0, 0.1) is 17.8 Å². The van der Waals surface area contributed by atoms with Gasteiger partial charge in [-0.25, -0.2) is 13.9 Å². The largest absolute Gasteiger partial charge is 0.481 e. The number of ketones is 1. The molecule has 0 radical (unpaired) electrons. The quantitative estimate of drug-likeness (QED) is 0.0250. The summed E-state index contributed by atoms with van der Waals surface area (Å²) in [7, 11) is -11.3. The van der Waals surface area contributed by atoms with Gasteiger partial charge >= 0.3 is 33.3 Å². The maximum Gasteiger partial charge on any atom is 0.481 e. The number of aromatic nitrogens is 2. The first-order chi connectivity index (χ1) is 34.2. The second-order valence-electron chi connectivity index (χ2n) is 19.3. The number of phosphoric ester groups is 2. The third kappa shape index (κ3) is 24.9. The van der Waals surface area contributed by atoms with Crippen molar-refractivity contribution in [1.29, 1.82) is 0 Å². The highest BCUT2D eigenvalue weighted by molar-refractivity contribution is 7.61. The van der Waals surface area contributed by atoms with Crippen molar-refractivity contribution in [3.05, 3.63) is 47.1 Å². The number of carbonyl (C=O) groups excluding carboxylic acids is 3. The molecule has 2 aliphatic rings. The molecule has 2 aliphatic heterocycles. The summed E-state index contributed by atoms with van der Waals surface area (Å²) in [6.45, 7) is 3.74. The number of hydrogen-bond acceptors (Lipinski definition) is 18. The molecule has 1 fully saturated rings. The van der Waals surface area contributed by atoms with Crippen LogP contribution in [0.15, 0.2) is 41.4 Å². The highest BCUT2D eigenvalue weighted by Gasteiger charge is 2.45. The molecule has 23 heteroatoms. The van der Waals surface area contributed by atoms with E-state index in [1.165, 1.54) is 63.2 Å². The van der Waals surface area contributed by atoms with Crippen molar-refractivity contribution in [3.8, 4) is 0 Å². The fourth-order valence-corrected chi connectivity index (χ4v) is 10.5. The number of aliphatic hydroxyl groups is 4. The maximum atomic E-state index is 14.3. The normalized spacial score (nSPS) is 29.2. The molecule has 2 unspecified atom stereocenters. The molecule has 2 bridgehead atoms. The van der Waals surface area contributed by atoms with Crippen molar-refractivity contribution >= 4 is 39.2 Å². The molecule has 0 aliphatic carbocycles. The van der Waals surface area contributed by atoms with E-state index in [4.69, 9.17) is 29.0 Å². The lowest BCUT2D eigenvalue weighted by Gasteiger charge is -2.38. The Kier molecular flexibility index (Phi) is 29.5. The lowest BCUT2D eigenvalue weighted by molar-refractivity contribution is -0.183. The number of nitrogens with two attached hydrogens (primary N) is 1. The van der Waals surface area contributed by atoms with Crippen LogP contribution in [0.2, 0.25) is 0 Å². The molecule has 1 saturated heterocycles. The molecule has 3 heterocycles. The number of anilines is 1. The first-order valence-electron chi connectivity index (χ1n) is 25.8. The van der Waals surface area contributed by atoms with Crippen molar-refractivity contribution in [2.75, 3.05) is 25.6 Å². The van der Waals surface area contributed by atoms with Crippen LogP contribution < -0.4 is 11.4 Å². The van der Waals surface area contributed by atoms with Crippen molar-refractivity contribution < 1.29 is 81.3 Å². The van der Waals surface area contributed by atoms with E-state index >= 15 is 0 Å². The Balaban J connectivity index is 1.79. The molecule has 1 aromatic rings.